The maximum absolute atomic E-state index is 11.3. The molecule has 1 atom stereocenters. The van der Waals surface area contributed by atoms with E-state index in [9.17, 15) is 4.79 Å². The molecule has 0 aliphatic carbocycles. The highest BCUT2D eigenvalue weighted by atomic mass is 16.6. The fourth-order valence-electron chi connectivity index (χ4n) is 1.01. The molecule has 3 heteroatoms. The van der Waals surface area contributed by atoms with E-state index in [0.717, 1.165) is 0 Å². The Morgan fingerprint density at radius 2 is 1.86 bits per heavy atom. The molecule has 0 radical (unpaired) electrons. The monoisotopic (exact) mass is 201 g/mol. The quantitative estimate of drug-likeness (QED) is 0.709. The van der Waals surface area contributed by atoms with Crippen molar-refractivity contribution < 1.29 is 9.53 Å². The van der Waals surface area contributed by atoms with Crippen LogP contribution >= 0.6 is 0 Å². The zero-order valence-corrected chi connectivity index (χ0v) is 9.96. The van der Waals surface area contributed by atoms with Gasteiger partial charge in [-0.15, -0.1) is 0 Å². The van der Waals surface area contributed by atoms with Gasteiger partial charge in [-0.25, -0.2) is 0 Å². The van der Waals surface area contributed by atoms with Gasteiger partial charge in [0.05, 0.1) is 0 Å². The molecule has 0 aliphatic rings. The van der Waals surface area contributed by atoms with E-state index in [2.05, 4.69) is 13.8 Å². The van der Waals surface area contributed by atoms with Crippen LogP contribution in [0.5, 0.6) is 0 Å². The van der Waals surface area contributed by atoms with E-state index in [1.54, 1.807) is 0 Å². The summed E-state index contributed by atoms with van der Waals surface area (Å²) in [7, 11) is 0. The molecule has 0 fully saturated rings. The molecule has 0 bridgehead atoms. The van der Waals surface area contributed by atoms with Crippen molar-refractivity contribution in [2.45, 2.75) is 59.1 Å². The highest BCUT2D eigenvalue weighted by Gasteiger charge is 2.17. The molecule has 0 rings (SSSR count). The maximum atomic E-state index is 11.3. The van der Waals surface area contributed by atoms with Crippen LogP contribution in [0.1, 0.15) is 47.5 Å². The maximum Gasteiger partial charge on any atom is 0.306 e. The minimum Gasteiger partial charge on any atom is -0.460 e. The van der Waals surface area contributed by atoms with Crippen LogP contribution < -0.4 is 5.73 Å². The second-order valence-electron chi connectivity index (χ2n) is 5.03. The first-order valence-corrected chi connectivity index (χ1v) is 5.20. The van der Waals surface area contributed by atoms with Crippen LogP contribution in [-0.2, 0) is 9.53 Å². The molecule has 2 N–H and O–H groups in total. The zero-order chi connectivity index (χ0) is 11.4. The van der Waals surface area contributed by atoms with E-state index in [-0.39, 0.29) is 17.6 Å². The summed E-state index contributed by atoms with van der Waals surface area (Å²) in [5.41, 5.74) is 5.43. The number of carbonyl (C=O) groups is 1. The first-order chi connectivity index (χ1) is 6.22. The summed E-state index contributed by atoms with van der Waals surface area (Å²) in [6.07, 6.45) is 1.11. The average molecular weight is 201 g/mol. The van der Waals surface area contributed by atoms with Crippen molar-refractivity contribution in [3.05, 3.63) is 0 Å². The van der Waals surface area contributed by atoms with Gasteiger partial charge in [0.25, 0.3) is 0 Å². The molecule has 0 saturated heterocycles. The minimum absolute atomic E-state index is 0.0857. The Balaban J connectivity index is 3.75. The van der Waals surface area contributed by atoms with Gasteiger partial charge >= 0.3 is 5.97 Å². The first-order valence-electron chi connectivity index (χ1n) is 5.20. The van der Waals surface area contributed by atoms with Gasteiger partial charge in [0.15, 0.2) is 0 Å². The predicted octanol–water partition coefficient (Wildman–Crippen LogP) is 2.09. The number of nitrogens with two attached hydrogens (primary N) is 1. The van der Waals surface area contributed by atoms with E-state index in [1.807, 2.05) is 20.8 Å². The van der Waals surface area contributed by atoms with Gasteiger partial charge in [0, 0.05) is 12.5 Å². The summed E-state index contributed by atoms with van der Waals surface area (Å²) < 4.78 is 5.17. The molecule has 0 spiro atoms. The van der Waals surface area contributed by atoms with Crippen LogP contribution in [0.25, 0.3) is 0 Å². The Hall–Kier alpha value is -0.570. The molecule has 0 heterocycles. The van der Waals surface area contributed by atoms with Crippen LogP contribution in [0.15, 0.2) is 0 Å². The van der Waals surface area contributed by atoms with Crippen LogP contribution in [0, 0.1) is 5.92 Å². The van der Waals surface area contributed by atoms with Crippen molar-refractivity contribution >= 4 is 5.97 Å². The first kappa shape index (κ1) is 13.4. The molecule has 3 nitrogen and oxygen atoms in total. The summed E-state index contributed by atoms with van der Waals surface area (Å²) in [4.78, 5) is 11.3. The predicted molar refractivity (Wildman–Crippen MR) is 57.9 cm³/mol. The second-order valence-corrected chi connectivity index (χ2v) is 5.03. The molecular formula is C11H23NO2. The minimum atomic E-state index is -0.390. The lowest BCUT2D eigenvalue weighted by atomic mass is 10.0. The van der Waals surface area contributed by atoms with E-state index >= 15 is 0 Å². The SMILES string of the molecule is CC(C)C(N)CCC(=O)OC(C)(C)C. The molecule has 14 heavy (non-hydrogen) atoms. The third-order valence-corrected chi connectivity index (χ3v) is 1.96. The van der Waals surface area contributed by atoms with Gasteiger partial charge in [-0.05, 0) is 33.1 Å². The number of ether oxygens (including phenoxy) is 1. The highest BCUT2D eigenvalue weighted by molar-refractivity contribution is 5.69. The Bertz CT molecular complexity index is 182. The van der Waals surface area contributed by atoms with Gasteiger partial charge < -0.3 is 10.5 Å². The van der Waals surface area contributed by atoms with Crippen LogP contribution in [-0.4, -0.2) is 17.6 Å². The third-order valence-electron chi connectivity index (χ3n) is 1.96. The average Bonchev–Trinajstić information content (AvgIpc) is 1.96. The van der Waals surface area contributed by atoms with Crippen molar-refractivity contribution in [1.82, 2.24) is 0 Å². The normalized spacial score (nSPS) is 14.2. The van der Waals surface area contributed by atoms with E-state index in [1.165, 1.54) is 0 Å². The molecule has 0 amide bonds. The lowest BCUT2D eigenvalue weighted by molar-refractivity contribution is -0.155. The van der Waals surface area contributed by atoms with Gasteiger partial charge in [-0.3, -0.25) is 4.79 Å². The van der Waals surface area contributed by atoms with Crippen molar-refractivity contribution in [3.8, 4) is 0 Å². The topological polar surface area (TPSA) is 52.3 Å². The number of hydrogen-bond acceptors (Lipinski definition) is 3. The number of esters is 1. The zero-order valence-electron chi connectivity index (χ0n) is 9.96. The molecule has 0 saturated carbocycles. The van der Waals surface area contributed by atoms with Gasteiger partial charge in [-0.2, -0.15) is 0 Å². The highest BCUT2D eigenvalue weighted by Crippen LogP contribution is 2.11. The molecule has 1 unspecified atom stereocenters. The van der Waals surface area contributed by atoms with Crippen molar-refractivity contribution in [1.29, 1.82) is 0 Å². The fourth-order valence-corrected chi connectivity index (χ4v) is 1.01. The Labute approximate surface area is 87.0 Å². The van der Waals surface area contributed by atoms with Gasteiger partial charge in [0.1, 0.15) is 5.60 Å². The fraction of sp³-hybridized carbons (Fsp3) is 0.909. The van der Waals surface area contributed by atoms with Crippen LogP contribution in [0.3, 0.4) is 0 Å². The summed E-state index contributed by atoms with van der Waals surface area (Å²) in [6.45, 7) is 9.72. The second kappa shape index (κ2) is 5.35. The summed E-state index contributed by atoms with van der Waals surface area (Å²) in [5.74, 6) is 0.256. The molecule has 0 aliphatic heterocycles. The standard InChI is InChI=1S/C11H23NO2/c1-8(2)9(12)6-7-10(13)14-11(3,4)5/h8-9H,6-7,12H2,1-5H3. The lowest BCUT2D eigenvalue weighted by Crippen LogP contribution is -2.29. The third kappa shape index (κ3) is 6.89. The summed E-state index contributed by atoms with van der Waals surface area (Å²) in [5, 5.41) is 0. The molecular weight excluding hydrogens is 178 g/mol. The van der Waals surface area contributed by atoms with Crippen LogP contribution in [0.2, 0.25) is 0 Å². The lowest BCUT2D eigenvalue weighted by Gasteiger charge is -2.20. The summed E-state index contributed by atoms with van der Waals surface area (Å²) in [6, 6.07) is 0.0857. The van der Waals surface area contributed by atoms with E-state index < -0.39 is 0 Å². The smallest absolute Gasteiger partial charge is 0.306 e. The van der Waals surface area contributed by atoms with E-state index in [4.69, 9.17) is 10.5 Å². The largest absolute Gasteiger partial charge is 0.460 e. The van der Waals surface area contributed by atoms with Crippen molar-refractivity contribution in [3.63, 3.8) is 0 Å². The molecule has 0 aromatic rings. The molecule has 0 aromatic carbocycles. The molecule has 84 valence electrons. The Morgan fingerprint density at radius 3 is 2.21 bits per heavy atom. The van der Waals surface area contributed by atoms with Crippen molar-refractivity contribution in [2.24, 2.45) is 11.7 Å². The Kier molecular flexibility index (Phi) is 5.13. The van der Waals surface area contributed by atoms with E-state index in [0.29, 0.717) is 18.8 Å². The summed E-state index contributed by atoms with van der Waals surface area (Å²) >= 11 is 0. The van der Waals surface area contributed by atoms with Gasteiger partial charge in [-0.1, -0.05) is 13.8 Å². The Morgan fingerprint density at radius 1 is 1.36 bits per heavy atom. The number of carbonyl (C=O) groups excluding carboxylic acids is 1. The molecule has 0 aromatic heterocycles. The number of hydrogen-bond donors (Lipinski definition) is 1. The van der Waals surface area contributed by atoms with Crippen molar-refractivity contribution in [2.75, 3.05) is 0 Å². The van der Waals surface area contributed by atoms with Crippen LogP contribution in [0.4, 0.5) is 0 Å². The number of rotatable bonds is 4. The van der Waals surface area contributed by atoms with Gasteiger partial charge in [0.2, 0.25) is 0 Å².